The van der Waals surface area contributed by atoms with E-state index >= 15 is 0 Å². The normalized spacial score (nSPS) is 12.7. The topological polar surface area (TPSA) is 20.2 Å². The molecule has 2 rings (SSSR count). The van der Waals surface area contributed by atoms with Crippen LogP contribution in [0.15, 0.2) is 34.1 Å². The lowest BCUT2D eigenvalue weighted by molar-refractivity contribution is 0.222. The fraction of sp³-hybridized carbons (Fsp3) is 0.333. The molecule has 0 spiro atoms. The zero-order valence-corrected chi connectivity index (χ0v) is 13.0. The van der Waals surface area contributed by atoms with Crippen molar-refractivity contribution >= 4 is 27.3 Å². The fourth-order valence-corrected chi connectivity index (χ4v) is 3.67. The quantitative estimate of drug-likeness (QED) is 0.862. The lowest BCUT2D eigenvalue weighted by atomic mass is 9.96. The van der Waals surface area contributed by atoms with Gasteiger partial charge in [0.15, 0.2) is 0 Å². The van der Waals surface area contributed by atoms with Gasteiger partial charge >= 0.3 is 0 Å². The van der Waals surface area contributed by atoms with Crippen molar-refractivity contribution in [3.63, 3.8) is 0 Å². The molecule has 1 N–H and O–H groups in total. The molecule has 18 heavy (non-hydrogen) atoms. The van der Waals surface area contributed by atoms with Gasteiger partial charge in [0, 0.05) is 4.47 Å². The van der Waals surface area contributed by atoms with E-state index < -0.39 is 6.10 Å². The van der Waals surface area contributed by atoms with Crippen molar-refractivity contribution in [3.8, 4) is 0 Å². The molecule has 0 radical (unpaired) electrons. The van der Waals surface area contributed by atoms with Gasteiger partial charge in [0.05, 0.1) is 4.88 Å². The Bertz CT molecular complexity index is 533. The lowest BCUT2D eigenvalue weighted by Crippen LogP contribution is -2.03. The molecular weight excluding hydrogens is 308 g/mol. The zero-order chi connectivity index (χ0) is 13.1. The molecule has 0 fully saturated rings. The first-order chi connectivity index (χ1) is 8.67. The van der Waals surface area contributed by atoms with Gasteiger partial charge in [-0.15, -0.1) is 11.3 Å². The Morgan fingerprint density at radius 3 is 2.56 bits per heavy atom. The van der Waals surface area contributed by atoms with Gasteiger partial charge in [0.1, 0.15) is 6.10 Å². The minimum absolute atomic E-state index is 0.527. The Labute approximate surface area is 121 Å². The molecule has 0 aliphatic carbocycles. The largest absolute Gasteiger partial charge is 0.383 e. The van der Waals surface area contributed by atoms with Gasteiger partial charge in [-0.3, -0.25) is 0 Å². The SMILES string of the molecule is CCc1ccc(CC)c(C(O)c2sccc2Br)c1. The minimum atomic E-state index is -0.527. The van der Waals surface area contributed by atoms with E-state index in [-0.39, 0.29) is 0 Å². The first-order valence-electron chi connectivity index (χ1n) is 6.20. The molecule has 2 aromatic rings. The second-order valence-corrected chi connectivity index (χ2v) is 6.08. The Hall–Kier alpha value is -0.640. The van der Waals surface area contributed by atoms with Gasteiger partial charge in [-0.2, -0.15) is 0 Å². The Morgan fingerprint density at radius 2 is 2.00 bits per heavy atom. The highest BCUT2D eigenvalue weighted by atomic mass is 79.9. The maximum atomic E-state index is 10.6. The van der Waals surface area contributed by atoms with Crippen LogP contribution in [0, 0.1) is 0 Å². The third-order valence-corrected chi connectivity index (χ3v) is 5.11. The summed E-state index contributed by atoms with van der Waals surface area (Å²) in [7, 11) is 0. The Morgan fingerprint density at radius 1 is 1.22 bits per heavy atom. The average molecular weight is 325 g/mol. The molecule has 0 aliphatic rings. The summed E-state index contributed by atoms with van der Waals surface area (Å²) in [6.45, 7) is 4.26. The van der Waals surface area contributed by atoms with Crippen LogP contribution in [-0.2, 0) is 12.8 Å². The summed E-state index contributed by atoms with van der Waals surface area (Å²) >= 11 is 5.08. The summed E-state index contributed by atoms with van der Waals surface area (Å²) in [6.07, 6.45) is 1.41. The summed E-state index contributed by atoms with van der Waals surface area (Å²) in [5.74, 6) is 0. The van der Waals surface area contributed by atoms with Crippen LogP contribution in [0.1, 0.15) is 41.5 Å². The number of rotatable bonds is 4. The van der Waals surface area contributed by atoms with Gasteiger partial charge in [0.2, 0.25) is 0 Å². The van der Waals surface area contributed by atoms with Crippen LogP contribution >= 0.6 is 27.3 Å². The maximum absolute atomic E-state index is 10.6. The predicted octanol–water partition coefficient (Wildman–Crippen LogP) is 4.72. The van der Waals surface area contributed by atoms with Gasteiger partial charge in [-0.1, -0.05) is 32.0 Å². The van der Waals surface area contributed by atoms with Crippen molar-refractivity contribution in [1.82, 2.24) is 0 Å². The van der Waals surface area contributed by atoms with Crippen LogP contribution in [-0.4, -0.2) is 5.11 Å². The standard InChI is InChI=1S/C15H17BrOS/c1-3-10-5-6-11(4-2)12(9-10)14(17)15-13(16)7-8-18-15/h5-9,14,17H,3-4H2,1-2H3. The van der Waals surface area contributed by atoms with Crippen molar-refractivity contribution < 1.29 is 5.11 Å². The number of thiophene rings is 1. The fourth-order valence-electron chi connectivity index (χ4n) is 2.08. The molecule has 1 aromatic carbocycles. The number of halogens is 1. The molecule has 0 aliphatic heterocycles. The summed E-state index contributed by atoms with van der Waals surface area (Å²) in [5, 5.41) is 12.6. The van der Waals surface area contributed by atoms with Crippen LogP contribution in [0.5, 0.6) is 0 Å². The van der Waals surface area contributed by atoms with Crippen LogP contribution in [0.3, 0.4) is 0 Å². The second kappa shape index (κ2) is 6.00. The zero-order valence-electron chi connectivity index (χ0n) is 10.6. The predicted molar refractivity (Wildman–Crippen MR) is 81.3 cm³/mol. The summed E-state index contributed by atoms with van der Waals surface area (Å²) in [5.41, 5.74) is 3.54. The molecule has 3 heteroatoms. The molecule has 0 saturated heterocycles. The Kier molecular flexibility index (Phi) is 4.60. The van der Waals surface area contributed by atoms with Crippen molar-refractivity contribution in [2.24, 2.45) is 0 Å². The molecule has 96 valence electrons. The van der Waals surface area contributed by atoms with Crippen molar-refractivity contribution in [2.45, 2.75) is 32.8 Å². The van der Waals surface area contributed by atoms with E-state index in [1.165, 1.54) is 11.1 Å². The Balaban J connectivity index is 2.45. The van der Waals surface area contributed by atoms with Crippen LogP contribution in [0.4, 0.5) is 0 Å². The van der Waals surface area contributed by atoms with E-state index in [0.29, 0.717) is 0 Å². The average Bonchev–Trinajstić information content (AvgIpc) is 2.83. The first-order valence-corrected chi connectivity index (χ1v) is 7.87. The molecular formula is C15H17BrOS. The molecule has 0 amide bonds. The van der Waals surface area contributed by atoms with Crippen molar-refractivity contribution in [1.29, 1.82) is 0 Å². The van der Waals surface area contributed by atoms with E-state index in [1.807, 2.05) is 11.4 Å². The smallest absolute Gasteiger partial charge is 0.115 e. The second-order valence-electron chi connectivity index (χ2n) is 4.28. The third-order valence-electron chi connectivity index (χ3n) is 3.19. The van der Waals surface area contributed by atoms with Gasteiger partial charge in [-0.25, -0.2) is 0 Å². The molecule has 0 bridgehead atoms. The van der Waals surface area contributed by atoms with E-state index in [2.05, 4.69) is 48.0 Å². The number of hydrogen-bond acceptors (Lipinski definition) is 2. The van der Waals surface area contributed by atoms with Crippen LogP contribution in [0.25, 0.3) is 0 Å². The third kappa shape index (κ3) is 2.68. The number of hydrogen-bond donors (Lipinski definition) is 1. The monoisotopic (exact) mass is 324 g/mol. The van der Waals surface area contributed by atoms with Gasteiger partial charge in [0.25, 0.3) is 0 Å². The van der Waals surface area contributed by atoms with E-state index in [1.54, 1.807) is 11.3 Å². The molecule has 1 nitrogen and oxygen atoms in total. The number of aryl methyl sites for hydroxylation is 2. The van der Waals surface area contributed by atoms with E-state index in [0.717, 1.165) is 27.8 Å². The minimum Gasteiger partial charge on any atom is -0.383 e. The summed E-state index contributed by atoms with van der Waals surface area (Å²) < 4.78 is 0.990. The van der Waals surface area contributed by atoms with E-state index in [4.69, 9.17) is 0 Å². The molecule has 0 saturated carbocycles. The highest BCUT2D eigenvalue weighted by Gasteiger charge is 2.18. The van der Waals surface area contributed by atoms with E-state index in [9.17, 15) is 5.11 Å². The lowest BCUT2D eigenvalue weighted by Gasteiger charge is -2.15. The maximum Gasteiger partial charge on any atom is 0.115 e. The van der Waals surface area contributed by atoms with Crippen LogP contribution < -0.4 is 0 Å². The first kappa shape index (κ1) is 13.8. The molecule has 1 aromatic heterocycles. The highest BCUT2D eigenvalue weighted by molar-refractivity contribution is 9.10. The van der Waals surface area contributed by atoms with Gasteiger partial charge in [-0.05, 0) is 56.9 Å². The van der Waals surface area contributed by atoms with Crippen LogP contribution in [0.2, 0.25) is 0 Å². The number of aliphatic hydroxyl groups excluding tert-OH is 1. The summed E-state index contributed by atoms with van der Waals surface area (Å²) in [6, 6.07) is 8.41. The molecule has 1 unspecified atom stereocenters. The van der Waals surface area contributed by atoms with Crippen molar-refractivity contribution in [2.75, 3.05) is 0 Å². The van der Waals surface area contributed by atoms with Gasteiger partial charge < -0.3 is 5.11 Å². The number of aliphatic hydroxyl groups is 1. The summed E-state index contributed by atoms with van der Waals surface area (Å²) in [4.78, 5) is 0.984. The van der Waals surface area contributed by atoms with Crippen molar-refractivity contribution in [3.05, 3.63) is 55.7 Å². The molecule has 1 heterocycles. The highest BCUT2D eigenvalue weighted by Crippen LogP contribution is 2.35. The molecule has 1 atom stereocenters. The number of benzene rings is 1.